The van der Waals surface area contributed by atoms with Crippen molar-refractivity contribution in [1.82, 2.24) is 0 Å². The standard InChI is InChI=1S/C62H92O12/c1-39(19-15-21-41(3)25-33-49-45(7)27-31-47(61(49,9)10)29-23-43(5)37-71-59-57(69)55(67)53(65)51(35-63)73-59)17-13-14-18-40(2)20-16-22-42(4)26-34-50-46(8)28-32-48(62(50,11)12)30-24-44(6)38-72-60-58(70)56(68)54(66)52(36-64)74-60/h13-26,33-34,47-60,63-70H,7-8,27-32,35-38H2,1-6,9-12H3/b14-13+,19-15+,20-16+,33-25+,34-26+,39-17+,40-18+,41-21+,42-22+,43-23+,44-24+/t47?,48?,49?,50?,51-,52-,53-,54-,55+,56+,57-,58-,59-,60-/m1/s1. The molecule has 4 unspecified atom stereocenters. The topological polar surface area (TPSA) is 199 Å². The van der Waals surface area contributed by atoms with E-state index in [1.54, 1.807) is 0 Å². The average molecular weight is 1030 g/mol. The van der Waals surface area contributed by atoms with E-state index in [4.69, 9.17) is 18.9 Å². The van der Waals surface area contributed by atoms with Crippen molar-refractivity contribution in [2.24, 2.45) is 34.5 Å². The van der Waals surface area contributed by atoms with Gasteiger partial charge >= 0.3 is 0 Å². The van der Waals surface area contributed by atoms with Gasteiger partial charge in [0.25, 0.3) is 0 Å². The molecule has 14 atom stereocenters. The van der Waals surface area contributed by atoms with Crippen LogP contribution in [0.2, 0.25) is 0 Å². The second-order valence-electron chi connectivity index (χ2n) is 22.4. The van der Waals surface area contributed by atoms with Gasteiger partial charge in [-0.25, -0.2) is 0 Å². The zero-order chi connectivity index (χ0) is 54.9. The number of allylic oxidation sites excluding steroid dienone is 22. The van der Waals surface area contributed by atoms with Crippen LogP contribution in [0.4, 0.5) is 0 Å². The van der Waals surface area contributed by atoms with Gasteiger partial charge in [0.05, 0.1) is 26.4 Å². The predicted octanol–water partition coefficient (Wildman–Crippen LogP) is 9.08. The Kier molecular flexibility index (Phi) is 25.1. The van der Waals surface area contributed by atoms with E-state index in [9.17, 15) is 40.9 Å². The highest BCUT2D eigenvalue weighted by atomic mass is 16.7. The molecular weight excluding hydrogens is 937 g/mol. The van der Waals surface area contributed by atoms with E-state index in [0.29, 0.717) is 11.8 Å². The van der Waals surface area contributed by atoms with Crippen molar-refractivity contribution in [3.63, 3.8) is 0 Å². The minimum atomic E-state index is -1.47. The van der Waals surface area contributed by atoms with Gasteiger partial charge in [0, 0.05) is 11.8 Å². The first kappa shape index (κ1) is 62.7. The molecule has 2 saturated heterocycles. The third-order valence-electron chi connectivity index (χ3n) is 15.7. The molecule has 0 spiro atoms. The Morgan fingerprint density at radius 1 is 0.514 bits per heavy atom. The molecule has 4 aliphatic rings. The van der Waals surface area contributed by atoms with E-state index in [-0.39, 0.29) is 35.9 Å². The molecular formula is C62H92O12. The lowest BCUT2D eigenvalue weighted by Crippen LogP contribution is -2.59. The minimum Gasteiger partial charge on any atom is -0.394 e. The predicted molar refractivity (Wildman–Crippen MR) is 295 cm³/mol. The molecule has 12 nitrogen and oxygen atoms in total. The molecule has 0 aromatic carbocycles. The smallest absolute Gasteiger partial charge is 0.187 e. The van der Waals surface area contributed by atoms with Crippen LogP contribution in [0.25, 0.3) is 0 Å². The Bertz CT molecular complexity index is 2040. The summed E-state index contributed by atoms with van der Waals surface area (Å²) in [6, 6.07) is 0. The zero-order valence-corrected chi connectivity index (χ0v) is 46.0. The molecule has 2 aliphatic heterocycles. The Labute approximate surface area is 443 Å². The Morgan fingerprint density at radius 3 is 1.20 bits per heavy atom. The summed E-state index contributed by atoms with van der Waals surface area (Å²) in [7, 11) is 0. The van der Waals surface area contributed by atoms with Gasteiger partial charge in [-0.3, -0.25) is 0 Å². The van der Waals surface area contributed by atoms with Gasteiger partial charge in [-0.1, -0.05) is 183 Å². The molecule has 4 fully saturated rings. The molecule has 0 radical (unpaired) electrons. The second-order valence-corrected chi connectivity index (χ2v) is 22.4. The van der Waals surface area contributed by atoms with Crippen LogP contribution >= 0.6 is 0 Å². The van der Waals surface area contributed by atoms with E-state index in [1.807, 2.05) is 13.8 Å². The normalized spacial score (nSPS) is 34.4. The van der Waals surface area contributed by atoms with Crippen LogP contribution in [0.5, 0.6) is 0 Å². The van der Waals surface area contributed by atoms with Crippen LogP contribution in [0.1, 0.15) is 108 Å². The maximum absolute atomic E-state index is 10.3. The van der Waals surface area contributed by atoms with Crippen molar-refractivity contribution >= 4 is 0 Å². The Hall–Kier alpha value is -3.86. The van der Waals surface area contributed by atoms with E-state index in [1.165, 1.54) is 11.1 Å². The Balaban J connectivity index is 1.23. The summed E-state index contributed by atoms with van der Waals surface area (Å²) in [6.07, 6.45) is 27.0. The van der Waals surface area contributed by atoms with Crippen LogP contribution in [-0.2, 0) is 18.9 Å². The fourth-order valence-corrected chi connectivity index (χ4v) is 10.4. The molecule has 0 aromatic rings. The van der Waals surface area contributed by atoms with Gasteiger partial charge in [0.15, 0.2) is 12.6 Å². The van der Waals surface area contributed by atoms with Crippen molar-refractivity contribution in [3.05, 3.63) is 155 Å². The molecule has 2 heterocycles. The first-order valence-electron chi connectivity index (χ1n) is 26.5. The molecule has 2 aliphatic carbocycles. The van der Waals surface area contributed by atoms with Crippen molar-refractivity contribution in [3.8, 4) is 0 Å². The fraction of sp³-hybridized carbons (Fsp3) is 0.581. The minimum absolute atomic E-state index is 0.0274. The first-order valence-corrected chi connectivity index (χ1v) is 26.5. The summed E-state index contributed by atoms with van der Waals surface area (Å²) in [5.74, 6) is 1.27. The van der Waals surface area contributed by atoms with Crippen LogP contribution in [-0.4, -0.2) is 129 Å². The third-order valence-corrected chi connectivity index (χ3v) is 15.7. The highest BCUT2D eigenvalue weighted by Crippen LogP contribution is 2.51. The maximum atomic E-state index is 10.3. The molecule has 8 N–H and O–H groups in total. The van der Waals surface area contributed by atoms with Gasteiger partial charge in [-0.2, -0.15) is 0 Å². The lowest BCUT2D eigenvalue weighted by atomic mass is 9.59. The van der Waals surface area contributed by atoms with Crippen molar-refractivity contribution in [1.29, 1.82) is 0 Å². The summed E-state index contributed by atoms with van der Waals surface area (Å²) in [6.45, 7) is 29.9. The summed E-state index contributed by atoms with van der Waals surface area (Å²) in [5, 5.41) is 79.9. The van der Waals surface area contributed by atoms with Crippen molar-refractivity contribution < 1.29 is 59.8 Å². The second kappa shape index (κ2) is 29.6. The fourth-order valence-electron chi connectivity index (χ4n) is 10.4. The number of aliphatic hydroxyl groups is 8. The first-order chi connectivity index (χ1) is 34.9. The van der Waals surface area contributed by atoms with Gasteiger partial charge in [0.1, 0.15) is 48.8 Å². The number of hydrogen-bond acceptors (Lipinski definition) is 12. The largest absolute Gasteiger partial charge is 0.394 e. The highest BCUT2D eigenvalue weighted by Gasteiger charge is 2.46. The zero-order valence-electron chi connectivity index (χ0n) is 46.0. The van der Waals surface area contributed by atoms with Crippen LogP contribution in [0, 0.1) is 34.5 Å². The van der Waals surface area contributed by atoms with Gasteiger partial charge in [-0.15, -0.1) is 0 Å². The van der Waals surface area contributed by atoms with Crippen LogP contribution < -0.4 is 0 Å². The number of hydrogen-bond donors (Lipinski definition) is 8. The SMILES string of the molecule is C=C1CCC(C/C=C(\C)CO[C@@H]2O[C@H](CO)[C@@H](O)[C@H](O)[C@H]2O)C(C)(C)C1/C=C/C(C)=C/C=C/C(C)=C/C=C/C=C(C)/C=C/C=C(C)/C=C/C1C(=C)CCC(C/C=C(\C)CO[C@@H]2O[C@H](CO)[C@@H](O)[C@H](O)[C@H]2O)C1(C)C. The van der Waals surface area contributed by atoms with Gasteiger partial charge in [0.2, 0.25) is 0 Å². The summed E-state index contributed by atoms with van der Waals surface area (Å²) >= 11 is 0. The molecule has 4 rings (SSSR count). The van der Waals surface area contributed by atoms with E-state index in [0.717, 1.165) is 72.0 Å². The summed E-state index contributed by atoms with van der Waals surface area (Å²) in [5.41, 5.74) is 8.93. The van der Waals surface area contributed by atoms with E-state index in [2.05, 4.69) is 166 Å². The average Bonchev–Trinajstić information content (AvgIpc) is 3.34. The lowest BCUT2D eigenvalue weighted by Gasteiger charge is -2.45. The Morgan fingerprint density at radius 2 is 0.851 bits per heavy atom. The summed E-state index contributed by atoms with van der Waals surface area (Å²) in [4.78, 5) is 0. The molecule has 412 valence electrons. The molecule has 0 bridgehead atoms. The maximum Gasteiger partial charge on any atom is 0.187 e. The van der Waals surface area contributed by atoms with Crippen molar-refractivity contribution in [2.45, 2.75) is 169 Å². The lowest BCUT2D eigenvalue weighted by molar-refractivity contribution is -0.299. The summed E-state index contributed by atoms with van der Waals surface area (Å²) < 4.78 is 22.5. The molecule has 0 aromatic heterocycles. The van der Waals surface area contributed by atoms with Crippen LogP contribution in [0.15, 0.2) is 155 Å². The monoisotopic (exact) mass is 1030 g/mol. The molecule has 12 heteroatoms. The van der Waals surface area contributed by atoms with Gasteiger partial charge in [-0.05, 0) is 103 Å². The van der Waals surface area contributed by atoms with E-state index < -0.39 is 74.6 Å². The van der Waals surface area contributed by atoms with Crippen LogP contribution in [0.3, 0.4) is 0 Å². The number of ether oxygens (including phenoxy) is 4. The van der Waals surface area contributed by atoms with E-state index >= 15 is 0 Å². The van der Waals surface area contributed by atoms with Crippen molar-refractivity contribution in [2.75, 3.05) is 26.4 Å². The third kappa shape index (κ3) is 17.9. The molecule has 74 heavy (non-hydrogen) atoms. The number of aliphatic hydroxyl groups excluding tert-OH is 8. The highest BCUT2D eigenvalue weighted by molar-refractivity contribution is 5.33. The quantitative estimate of drug-likeness (QED) is 0.0379. The molecule has 2 saturated carbocycles. The molecule has 0 amide bonds. The van der Waals surface area contributed by atoms with Gasteiger partial charge < -0.3 is 59.8 Å². The number of rotatable bonds is 22.